The first-order chi connectivity index (χ1) is 11.1. The van der Waals surface area contributed by atoms with Gasteiger partial charge in [-0.1, -0.05) is 41.9 Å². The number of hydrogen-bond acceptors (Lipinski definition) is 3. The molecule has 0 fully saturated rings. The molecule has 5 heteroatoms. The van der Waals surface area contributed by atoms with E-state index in [0.717, 1.165) is 11.1 Å². The van der Waals surface area contributed by atoms with E-state index in [1.54, 1.807) is 12.1 Å². The third-order valence-electron chi connectivity index (χ3n) is 3.94. The molecule has 2 aromatic rings. The summed E-state index contributed by atoms with van der Waals surface area (Å²) in [7, 11) is 0. The number of aryl methyl sites for hydroxylation is 1. The van der Waals surface area contributed by atoms with Crippen molar-refractivity contribution in [2.45, 2.75) is 25.9 Å². The zero-order chi connectivity index (χ0) is 16.4. The van der Waals surface area contributed by atoms with Gasteiger partial charge in [-0.2, -0.15) is 0 Å². The van der Waals surface area contributed by atoms with Gasteiger partial charge < -0.3 is 15.2 Å². The Bertz CT molecular complexity index is 745. The van der Waals surface area contributed by atoms with E-state index in [9.17, 15) is 9.90 Å². The first-order valence-electron chi connectivity index (χ1n) is 7.54. The van der Waals surface area contributed by atoms with Gasteiger partial charge >= 0.3 is 0 Å². The Labute approximate surface area is 140 Å². The van der Waals surface area contributed by atoms with E-state index in [1.807, 2.05) is 31.2 Å². The molecule has 0 spiro atoms. The summed E-state index contributed by atoms with van der Waals surface area (Å²) >= 11 is 6.24. The highest BCUT2D eigenvalue weighted by molar-refractivity contribution is 6.32. The van der Waals surface area contributed by atoms with Crippen molar-refractivity contribution in [3.8, 4) is 5.75 Å². The third kappa shape index (κ3) is 3.33. The molecule has 2 N–H and O–H groups in total. The molecule has 1 amide bonds. The zero-order valence-electron chi connectivity index (χ0n) is 12.8. The number of rotatable bonds is 3. The number of para-hydroxylation sites is 1. The summed E-state index contributed by atoms with van der Waals surface area (Å²) in [5.41, 5.74) is 3.02. The Kier molecular flexibility index (Phi) is 4.55. The van der Waals surface area contributed by atoms with Crippen LogP contribution in [0, 0.1) is 6.92 Å². The van der Waals surface area contributed by atoms with Gasteiger partial charge in [-0.15, -0.1) is 0 Å². The minimum absolute atomic E-state index is 0.172. The van der Waals surface area contributed by atoms with Crippen LogP contribution in [0.1, 0.15) is 29.2 Å². The maximum atomic E-state index is 12.3. The van der Waals surface area contributed by atoms with Gasteiger partial charge in [0.05, 0.1) is 24.8 Å². The van der Waals surface area contributed by atoms with Crippen LogP contribution in [0.4, 0.5) is 5.69 Å². The van der Waals surface area contributed by atoms with Crippen molar-refractivity contribution in [2.24, 2.45) is 0 Å². The average Bonchev–Trinajstić information content (AvgIpc) is 2.53. The molecule has 0 aliphatic carbocycles. The SMILES string of the molecule is Cc1cccc(CC(=O)Nc2cccc3c2OCCC3O)c1Cl. The Morgan fingerprint density at radius 1 is 1.35 bits per heavy atom. The van der Waals surface area contributed by atoms with Crippen LogP contribution in [0.3, 0.4) is 0 Å². The van der Waals surface area contributed by atoms with E-state index >= 15 is 0 Å². The number of benzene rings is 2. The molecule has 2 aromatic carbocycles. The van der Waals surface area contributed by atoms with Crippen LogP contribution < -0.4 is 10.1 Å². The fourth-order valence-electron chi connectivity index (χ4n) is 2.72. The van der Waals surface area contributed by atoms with Crippen molar-refractivity contribution in [3.63, 3.8) is 0 Å². The molecule has 120 valence electrons. The summed E-state index contributed by atoms with van der Waals surface area (Å²) in [6, 6.07) is 11.0. The molecule has 23 heavy (non-hydrogen) atoms. The Hall–Kier alpha value is -2.04. The lowest BCUT2D eigenvalue weighted by atomic mass is 10.0. The van der Waals surface area contributed by atoms with Crippen LogP contribution in [-0.2, 0) is 11.2 Å². The summed E-state index contributed by atoms with van der Waals surface area (Å²) < 4.78 is 5.62. The number of aliphatic hydroxyl groups excluding tert-OH is 1. The molecule has 1 aliphatic heterocycles. The highest BCUT2D eigenvalue weighted by Gasteiger charge is 2.22. The molecule has 0 saturated carbocycles. The van der Waals surface area contributed by atoms with Gasteiger partial charge in [-0.05, 0) is 24.1 Å². The van der Waals surface area contributed by atoms with E-state index in [2.05, 4.69) is 5.32 Å². The van der Waals surface area contributed by atoms with Crippen molar-refractivity contribution >= 4 is 23.2 Å². The van der Waals surface area contributed by atoms with Crippen molar-refractivity contribution in [2.75, 3.05) is 11.9 Å². The quantitative estimate of drug-likeness (QED) is 0.902. The molecule has 0 saturated heterocycles. The van der Waals surface area contributed by atoms with Crippen LogP contribution in [0.5, 0.6) is 5.75 Å². The Morgan fingerprint density at radius 2 is 2.13 bits per heavy atom. The van der Waals surface area contributed by atoms with Crippen molar-refractivity contribution < 1.29 is 14.6 Å². The number of aliphatic hydroxyl groups is 1. The number of halogens is 1. The van der Waals surface area contributed by atoms with Crippen molar-refractivity contribution in [1.82, 2.24) is 0 Å². The number of nitrogens with one attached hydrogen (secondary N) is 1. The van der Waals surface area contributed by atoms with Crippen LogP contribution in [0.25, 0.3) is 0 Å². The van der Waals surface area contributed by atoms with E-state index in [-0.39, 0.29) is 12.3 Å². The summed E-state index contributed by atoms with van der Waals surface area (Å²) in [6.07, 6.45) is 0.192. The molecule has 1 heterocycles. The van der Waals surface area contributed by atoms with Crippen molar-refractivity contribution in [3.05, 3.63) is 58.1 Å². The first-order valence-corrected chi connectivity index (χ1v) is 7.91. The number of ether oxygens (including phenoxy) is 1. The van der Waals surface area contributed by atoms with Gasteiger partial charge in [0, 0.05) is 17.0 Å². The van der Waals surface area contributed by atoms with E-state index in [4.69, 9.17) is 16.3 Å². The van der Waals surface area contributed by atoms with Gasteiger partial charge in [-0.25, -0.2) is 0 Å². The predicted octanol–water partition coefficient (Wildman–Crippen LogP) is 3.65. The molecular weight excluding hydrogens is 314 g/mol. The number of amides is 1. The summed E-state index contributed by atoms with van der Waals surface area (Å²) in [6.45, 7) is 2.34. The predicted molar refractivity (Wildman–Crippen MR) is 90.0 cm³/mol. The summed E-state index contributed by atoms with van der Waals surface area (Å²) in [5.74, 6) is 0.379. The molecule has 0 radical (unpaired) electrons. The minimum Gasteiger partial charge on any atom is -0.491 e. The largest absolute Gasteiger partial charge is 0.491 e. The van der Waals surface area contributed by atoms with Crippen molar-refractivity contribution in [1.29, 1.82) is 0 Å². The normalized spacial score (nSPS) is 16.4. The molecule has 1 unspecified atom stereocenters. The number of carbonyl (C=O) groups excluding carboxylic acids is 1. The lowest BCUT2D eigenvalue weighted by molar-refractivity contribution is -0.115. The fraction of sp³-hybridized carbons (Fsp3) is 0.278. The zero-order valence-corrected chi connectivity index (χ0v) is 13.6. The maximum absolute atomic E-state index is 12.3. The van der Waals surface area contributed by atoms with E-state index in [1.165, 1.54) is 0 Å². The smallest absolute Gasteiger partial charge is 0.228 e. The molecule has 1 atom stereocenters. The second-order valence-electron chi connectivity index (χ2n) is 5.65. The number of anilines is 1. The Balaban J connectivity index is 1.79. The first kappa shape index (κ1) is 15.8. The lowest BCUT2D eigenvalue weighted by Crippen LogP contribution is -2.19. The number of carbonyl (C=O) groups is 1. The van der Waals surface area contributed by atoms with Gasteiger partial charge in [-0.3, -0.25) is 4.79 Å². The van der Waals surface area contributed by atoms with Crippen LogP contribution in [0.15, 0.2) is 36.4 Å². The highest BCUT2D eigenvalue weighted by atomic mass is 35.5. The highest BCUT2D eigenvalue weighted by Crippen LogP contribution is 2.37. The molecular formula is C18H18ClNO3. The Morgan fingerprint density at radius 3 is 2.96 bits per heavy atom. The summed E-state index contributed by atoms with van der Waals surface area (Å²) in [4.78, 5) is 12.3. The molecule has 0 aromatic heterocycles. The molecule has 3 rings (SSSR count). The number of hydrogen-bond donors (Lipinski definition) is 2. The third-order valence-corrected chi connectivity index (χ3v) is 4.48. The minimum atomic E-state index is -0.554. The van der Waals surface area contributed by atoms with Gasteiger partial charge in [0.2, 0.25) is 5.91 Å². The summed E-state index contributed by atoms with van der Waals surface area (Å²) in [5, 5.41) is 13.5. The van der Waals surface area contributed by atoms with Crippen LogP contribution in [0.2, 0.25) is 5.02 Å². The van der Waals surface area contributed by atoms with E-state index < -0.39 is 6.10 Å². The fourth-order valence-corrected chi connectivity index (χ4v) is 2.91. The van der Waals surface area contributed by atoms with Crippen LogP contribution in [-0.4, -0.2) is 17.6 Å². The second kappa shape index (κ2) is 6.60. The molecule has 1 aliphatic rings. The maximum Gasteiger partial charge on any atom is 0.228 e. The van der Waals surface area contributed by atoms with Gasteiger partial charge in [0.25, 0.3) is 0 Å². The van der Waals surface area contributed by atoms with Gasteiger partial charge in [0.1, 0.15) is 5.75 Å². The average molecular weight is 332 g/mol. The second-order valence-corrected chi connectivity index (χ2v) is 6.03. The number of fused-ring (bicyclic) bond motifs is 1. The molecule has 0 bridgehead atoms. The topological polar surface area (TPSA) is 58.6 Å². The van der Waals surface area contributed by atoms with Crippen LogP contribution >= 0.6 is 11.6 Å². The standard InChI is InChI=1S/C18H18ClNO3/c1-11-4-2-5-12(17(11)19)10-16(22)20-14-7-3-6-13-15(21)8-9-23-18(13)14/h2-7,15,21H,8-10H2,1H3,(H,20,22). The lowest BCUT2D eigenvalue weighted by Gasteiger charge is -2.24. The van der Waals surface area contributed by atoms with E-state index in [0.29, 0.717) is 35.1 Å². The van der Waals surface area contributed by atoms with Gasteiger partial charge in [0.15, 0.2) is 0 Å². The monoisotopic (exact) mass is 331 g/mol. The molecule has 4 nitrogen and oxygen atoms in total.